The summed E-state index contributed by atoms with van der Waals surface area (Å²) < 4.78 is 43.5. The van der Waals surface area contributed by atoms with Gasteiger partial charge in [0, 0.05) is 30.4 Å². The average molecular weight is 348 g/mol. The van der Waals surface area contributed by atoms with Gasteiger partial charge in [-0.25, -0.2) is 0 Å². The van der Waals surface area contributed by atoms with E-state index in [1.807, 2.05) is 0 Å². The molecule has 1 aromatic carbocycles. The van der Waals surface area contributed by atoms with Gasteiger partial charge in [-0.3, -0.25) is 4.79 Å². The lowest BCUT2D eigenvalue weighted by atomic mass is 10.1. The molecule has 0 aliphatic carbocycles. The van der Waals surface area contributed by atoms with Crippen LogP contribution in [0.5, 0.6) is 0 Å². The highest BCUT2D eigenvalue weighted by molar-refractivity contribution is 6.32. The average Bonchev–Trinajstić information content (AvgIpc) is 2.51. The monoisotopic (exact) mass is 347 g/mol. The Morgan fingerprint density at radius 3 is 2.57 bits per heavy atom. The molecule has 1 fully saturated rings. The molecule has 0 atom stereocenters. The number of amides is 1. The maximum atomic E-state index is 12.8. The molecule has 1 aliphatic heterocycles. The minimum Gasteiger partial charge on any atom is -0.381 e. The summed E-state index contributed by atoms with van der Waals surface area (Å²) in [7, 11) is 0. The molecule has 1 aromatic rings. The zero-order chi connectivity index (χ0) is 16.9. The predicted octanol–water partition coefficient (Wildman–Crippen LogP) is 3.92. The van der Waals surface area contributed by atoms with Gasteiger partial charge in [0.15, 0.2) is 0 Å². The quantitative estimate of drug-likeness (QED) is 0.772. The highest BCUT2D eigenvalue weighted by Crippen LogP contribution is 2.23. The van der Waals surface area contributed by atoms with Crippen molar-refractivity contribution in [2.75, 3.05) is 19.8 Å². The second-order valence-corrected chi connectivity index (χ2v) is 5.69. The Balaban J connectivity index is 2.13. The molecular weight excluding hydrogens is 331 g/mol. The van der Waals surface area contributed by atoms with Gasteiger partial charge in [0.05, 0.1) is 0 Å². The minimum atomic E-state index is -4.44. The summed E-state index contributed by atoms with van der Waals surface area (Å²) in [6.45, 7) is -0.537. The number of hydrogen-bond acceptors (Lipinski definition) is 2. The molecule has 0 N–H and O–H groups in total. The van der Waals surface area contributed by atoms with Gasteiger partial charge >= 0.3 is 6.18 Å². The number of halogens is 4. The van der Waals surface area contributed by atoms with Crippen molar-refractivity contribution in [3.05, 3.63) is 40.9 Å². The minimum absolute atomic E-state index is 0.362. The summed E-state index contributed by atoms with van der Waals surface area (Å²) in [5.41, 5.74) is 0.585. The fourth-order valence-electron chi connectivity index (χ4n) is 2.44. The molecule has 2 rings (SSSR count). The van der Waals surface area contributed by atoms with Crippen molar-refractivity contribution in [1.29, 1.82) is 0 Å². The molecule has 1 saturated heterocycles. The Bertz CT molecular complexity index is 569. The van der Waals surface area contributed by atoms with Gasteiger partial charge in [0.2, 0.25) is 5.91 Å². The molecule has 0 unspecified atom stereocenters. The van der Waals surface area contributed by atoms with Gasteiger partial charge in [0.25, 0.3) is 0 Å². The molecule has 1 heterocycles. The first kappa shape index (κ1) is 17.8. The van der Waals surface area contributed by atoms with E-state index in [1.54, 1.807) is 24.3 Å². The molecular formula is C16H17ClF3NO2. The molecule has 1 amide bonds. The Morgan fingerprint density at radius 2 is 1.96 bits per heavy atom. The van der Waals surface area contributed by atoms with Gasteiger partial charge in [-0.2, -0.15) is 13.2 Å². The van der Waals surface area contributed by atoms with Gasteiger partial charge in [-0.05, 0) is 30.5 Å². The third-order valence-corrected chi connectivity index (χ3v) is 3.92. The van der Waals surface area contributed by atoms with Gasteiger partial charge < -0.3 is 9.64 Å². The summed E-state index contributed by atoms with van der Waals surface area (Å²) in [6, 6.07) is 6.35. The van der Waals surface area contributed by atoms with Crippen molar-refractivity contribution >= 4 is 23.6 Å². The van der Waals surface area contributed by atoms with E-state index < -0.39 is 24.7 Å². The number of alkyl halides is 3. The lowest BCUT2D eigenvalue weighted by Gasteiger charge is -2.34. The van der Waals surface area contributed by atoms with Crippen LogP contribution in [0.15, 0.2) is 30.3 Å². The Labute approximate surface area is 137 Å². The molecule has 126 valence electrons. The van der Waals surface area contributed by atoms with Crippen LogP contribution < -0.4 is 0 Å². The Hall–Kier alpha value is -1.53. The smallest absolute Gasteiger partial charge is 0.381 e. The first-order valence-corrected chi connectivity index (χ1v) is 7.62. The number of carbonyl (C=O) groups is 1. The first-order valence-electron chi connectivity index (χ1n) is 7.24. The number of benzene rings is 1. The summed E-state index contributed by atoms with van der Waals surface area (Å²) in [5.74, 6) is -0.672. The van der Waals surface area contributed by atoms with Crippen LogP contribution in [-0.2, 0) is 9.53 Å². The molecule has 7 heteroatoms. The van der Waals surface area contributed by atoms with E-state index in [0.29, 0.717) is 36.6 Å². The summed E-state index contributed by atoms with van der Waals surface area (Å²) in [5, 5.41) is 0.435. The highest BCUT2D eigenvalue weighted by Gasteiger charge is 2.36. The molecule has 0 saturated carbocycles. The van der Waals surface area contributed by atoms with Crippen molar-refractivity contribution in [3.8, 4) is 0 Å². The van der Waals surface area contributed by atoms with Crippen LogP contribution in [0.3, 0.4) is 0 Å². The van der Waals surface area contributed by atoms with Crippen LogP contribution in [0.25, 0.3) is 6.08 Å². The molecule has 0 aromatic heterocycles. The largest absolute Gasteiger partial charge is 0.406 e. The molecule has 0 radical (unpaired) electrons. The van der Waals surface area contributed by atoms with Gasteiger partial charge in [-0.15, -0.1) is 0 Å². The number of rotatable bonds is 4. The van der Waals surface area contributed by atoms with E-state index in [4.69, 9.17) is 16.3 Å². The SMILES string of the molecule is O=C(C=Cc1ccccc1Cl)N(CC(F)(F)F)C1CCOCC1. The van der Waals surface area contributed by atoms with Crippen LogP contribution in [0.1, 0.15) is 18.4 Å². The lowest BCUT2D eigenvalue weighted by molar-refractivity contribution is -0.165. The zero-order valence-electron chi connectivity index (χ0n) is 12.4. The molecule has 3 nitrogen and oxygen atoms in total. The second-order valence-electron chi connectivity index (χ2n) is 5.28. The lowest BCUT2D eigenvalue weighted by Crippen LogP contribution is -2.47. The highest BCUT2D eigenvalue weighted by atomic mass is 35.5. The van der Waals surface area contributed by atoms with Crippen molar-refractivity contribution in [2.45, 2.75) is 25.1 Å². The topological polar surface area (TPSA) is 29.5 Å². The summed E-state index contributed by atoms with van der Waals surface area (Å²) >= 11 is 5.97. The number of hydrogen-bond donors (Lipinski definition) is 0. The maximum Gasteiger partial charge on any atom is 0.406 e. The van der Waals surface area contributed by atoms with E-state index in [0.717, 1.165) is 11.0 Å². The van der Waals surface area contributed by atoms with E-state index in [1.165, 1.54) is 6.08 Å². The standard InChI is InChI=1S/C16H17ClF3NO2/c17-14-4-2-1-3-12(14)5-6-15(22)21(11-16(18,19)20)13-7-9-23-10-8-13/h1-6,13H,7-11H2. The van der Waals surface area contributed by atoms with Crippen LogP contribution in [0, 0.1) is 0 Å². The normalized spacial score (nSPS) is 16.7. The van der Waals surface area contributed by atoms with E-state index in [-0.39, 0.29) is 0 Å². The third-order valence-electron chi connectivity index (χ3n) is 3.57. The van der Waals surface area contributed by atoms with Crippen molar-refractivity contribution in [1.82, 2.24) is 4.90 Å². The van der Waals surface area contributed by atoms with Crippen LogP contribution in [0.2, 0.25) is 5.02 Å². The summed E-state index contributed by atoms with van der Waals surface area (Å²) in [4.78, 5) is 13.1. The fourth-order valence-corrected chi connectivity index (χ4v) is 2.64. The van der Waals surface area contributed by atoms with E-state index >= 15 is 0 Å². The first-order chi connectivity index (χ1) is 10.9. The van der Waals surface area contributed by atoms with Crippen molar-refractivity contribution in [3.63, 3.8) is 0 Å². The Kier molecular flexibility index (Phi) is 6.07. The third kappa shape index (κ3) is 5.55. The van der Waals surface area contributed by atoms with E-state index in [2.05, 4.69) is 0 Å². The van der Waals surface area contributed by atoms with Gasteiger partial charge in [-0.1, -0.05) is 29.8 Å². The van der Waals surface area contributed by atoms with Crippen molar-refractivity contribution < 1.29 is 22.7 Å². The maximum absolute atomic E-state index is 12.8. The predicted molar refractivity (Wildman–Crippen MR) is 82.1 cm³/mol. The Morgan fingerprint density at radius 1 is 1.30 bits per heavy atom. The molecule has 0 bridgehead atoms. The van der Waals surface area contributed by atoms with E-state index in [9.17, 15) is 18.0 Å². The number of nitrogens with zero attached hydrogens (tertiary/aromatic N) is 1. The van der Waals surface area contributed by atoms with Crippen LogP contribution in [-0.4, -0.2) is 42.8 Å². The van der Waals surface area contributed by atoms with Crippen LogP contribution in [0.4, 0.5) is 13.2 Å². The molecule has 23 heavy (non-hydrogen) atoms. The second kappa shape index (κ2) is 7.84. The number of ether oxygens (including phenoxy) is 1. The molecule has 1 aliphatic rings. The van der Waals surface area contributed by atoms with Crippen LogP contribution >= 0.6 is 11.6 Å². The number of carbonyl (C=O) groups excluding carboxylic acids is 1. The fraction of sp³-hybridized carbons (Fsp3) is 0.438. The molecule has 0 spiro atoms. The van der Waals surface area contributed by atoms with Crippen molar-refractivity contribution in [2.24, 2.45) is 0 Å². The summed E-state index contributed by atoms with van der Waals surface area (Å²) in [6.07, 6.45) is -1.05. The zero-order valence-corrected chi connectivity index (χ0v) is 13.1. The van der Waals surface area contributed by atoms with Gasteiger partial charge in [0.1, 0.15) is 6.54 Å².